The highest BCUT2D eigenvalue weighted by atomic mass is 35.5. The van der Waals surface area contributed by atoms with E-state index in [1.165, 1.54) is 11.3 Å². The van der Waals surface area contributed by atoms with Crippen molar-refractivity contribution in [1.82, 2.24) is 19.4 Å². The van der Waals surface area contributed by atoms with Crippen LogP contribution in [0.15, 0.2) is 42.5 Å². The minimum Gasteiger partial charge on any atom is -0.478 e. The second-order valence-electron chi connectivity index (χ2n) is 10.2. The average Bonchev–Trinajstić information content (AvgIpc) is 3.48. The van der Waals surface area contributed by atoms with Crippen LogP contribution in [0.4, 0.5) is 0 Å². The van der Waals surface area contributed by atoms with E-state index in [4.69, 9.17) is 36.3 Å². The van der Waals surface area contributed by atoms with Gasteiger partial charge >= 0.3 is 5.97 Å². The lowest BCUT2D eigenvalue weighted by molar-refractivity contribution is -0.0592. The molecule has 0 amide bonds. The standard InChI is InChI=1S/C29H28ClN5O4S/c30-22-13-21(40-26(22)14-31)17-39-28-3-1-2-23(33-28)18-6-9-34(10-7-18)16-27-32-24-5-4-19(29(36)37)12-25(24)35(27)15-20-8-11-38-20/h1-5,12-13,18,20H,6-11,15-17H2,(H,36,37)/t20-/m0/s1. The van der Waals surface area contributed by atoms with E-state index in [9.17, 15) is 9.90 Å². The summed E-state index contributed by atoms with van der Waals surface area (Å²) in [4.78, 5) is 25.0. The van der Waals surface area contributed by atoms with Gasteiger partial charge in [-0.1, -0.05) is 17.7 Å². The van der Waals surface area contributed by atoms with Crippen molar-refractivity contribution in [2.24, 2.45) is 0 Å². The topological polar surface area (TPSA) is 114 Å². The SMILES string of the molecule is N#Cc1sc(COc2cccc(C3CCN(Cc4nc5ccc(C(=O)O)cc5n4C[C@@H]4CCO4)CC3)n2)cc1Cl. The molecule has 5 heterocycles. The first-order valence-corrected chi connectivity index (χ1v) is 14.5. The summed E-state index contributed by atoms with van der Waals surface area (Å²) < 4.78 is 13.7. The monoisotopic (exact) mass is 577 g/mol. The fourth-order valence-corrected chi connectivity index (χ4v) is 6.41. The van der Waals surface area contributed by atoms with Crippen LogP contribution in [-0.2, 0) is 24.4 Å². The van der Waals surface area contributed by atoms with E-state index in [2.05, 4.69) is 21.6 Å². The second kappa shape index (κ2) is 11.6. The van der Waals surface area contributed by atoms with Crippen LogP contribution in [0.3, 0.4) is 0 Å². The first-order valence-electron chi connectivity index (χ1n) is 13.3. The number of benzene rings is 1. The largest absolute Gasteiger partial charge is 0.478 e. The molecule has 2 fully saturated rings. The van der Waals surface area contributed by atoms with Crippen LogP contribution in [0.5, 0.6) is 5.88 Å². The fraction of sp³-hybridized carbons (Fsp3) is 0.379. The molecule has 0 radical (unpaired) electrons. The number of likely N-dealkylation sites (tertiary alicyclic amines) is 1. The molecule has 6 rings (SSSR count). The van der Waals surface area contributed by atoms with Gasteiger partial charge in [0.05, 0.1) is 40.8 Å². The first-order chi connectivity index (χ1) is 19.5. The number of halogens is 1. The smallest absolute Gasteiger partial charge is 0.335 e. The van der Waals surface area contributed by atoms with Gasteiger partial charge < -0.3 is 19.1 Å². The van der Waals surface area contributed by atoms with Crippen LogP contribution in [0.1, 0.15) is 56.8 Å². The Morgan fingerprint density at radius 1 is 1.20 bits per heavy atom. The lowest BCUT2D eigenvalue weighted by Crippen LogP contribution is -2.35. The Morgan fingerprint density at radius 2 is 2.02 bits per heavy atom. The fourth-order valence-electron chi connectivity index (χ4n) is 5.30. The number of aromatic nitrogens is 3. The van der Waals surface area contributed by atoms with E-state index < -0.39 is 5.97 Å². The molecule has 206 valence electrons. The van der Waals surface area contributed by atoms with Crippen LogP contribution in [0.2, 0.25) is 5.02 Å². The number of aromatic carboxylic acids is 1. The summed E-state index contributed by atoms with van der Waals surface area (Å²) >= 11 is 7.41. The van der Waals surface area contributed by atoms with E-state index in [1.807, 2.05) is 12.1 Å². The number of thiophene rings is 1. The van der Waals surface area contributed by atoms with Gasteiger partial charge in [0.2, 0.25) is 5.88 Å². The number of imidazole rings is 1. The van der Waals surface area contributed by atoms with E-state index in [0.717, 1.165) is 66.4 Å². The summed E-state index contributed by atoms with van der Waals surface area (Å²) in [6.07, 6.45) is 3.08. The second-order valence-corrected chi connectivity index (χ2v) is 11.7. The zero-order valence-corrected chi connectivity index (χ0v) is 23.3. The molecule has 0 saturated carbocycles. The number of ether oxygens (including phenoxy) is 2. The van der Waals surface area contributed by atoms with E-state index in [-0.39, 0.29) is 11.7 Å². The molecule has 11 heteroatoms. The molecule has 0 bridgehead atoms. The van der Waals surface area contributed by atoms with Crippen LogP contribution < -0.4 is 4.74 Å². The maximum absolute atomic E-state index is 11.6. The summed E-state index contributed by atoms with van der Waals surface area (Å²) in [5, 5.41) is 19.1. The number of carboxylic acid groups (broad SMARTS) is 1. The van der Waals surface area contributed by atoms with Gasteiger partial charge in [0.1, 0.15) is 23.4 Å². The molecule has 2 aliphatic heterocycles. The van der Waals surface area contributed by atoms with Crippen LogP contribution in [0.25, 0.3) is 11.0 Å². The maximum atomic E-state index is 11.6. The molecule has 1 aromatic carbocycles. The molecule has 2 aliphatic rings. The average molecular weight is 578 g/mol. The van der Waals surface area contributed by atoms with E-state index in [1.54, 1.807) is 24.3 Å². The molecule has 0 spiro atoms. The number of nitriles is 1. The number of nitrogens with zero attached hydrogens (tertiary/aromatic N) is 5. The van der Waals surface area contributed by atoms with Crippen molar-refractivity contribution in [2.75, 3.05) is 19.7 Å². The number of pyridine rings is 1. The van der Waals surface area contributed by atoms with Crippen molar-refractivity contribution >= 4 is 39.9 Å². The lowest BCUT2D eigenvalue weighted by Gasteiger charge is -2.32. The number of piperidine rings is 1. The van der Waals surface area contributed by atoms with Crippen molar-refractivity contribution < 1.29 is 19.4 Å². The minimum absolute atomic E-state index is 0.140. The summed E-state index contributed by atoms with van der Waals surface area (Å²) in [7, 11) is 0. The highest BCUT2D eigenvalue weighted by Gasteiger charge is 2.26. The normalized spacial score (nSPS) is 17.9. The summed E-state index contributed by atoms with van der Waals surface area (Å²) in [6.45, 7) is 4.28. The molecule has 0 unspecified atom stereocenters. The number of carbonyl (C=O) groups is 1. The zero-order chi connectivity index (χ0) is 27.6. The van der Waals surface area contributed by atoms with Gasteiger partial charge in [-0.05, 0) is 62.7 Å². The quantitative estimate of drug-likeness (QED) is 0.279. The van der Waals surface area contributed by atoms with Crippen LogP contribution in [0, 0.1) is 11.3 Å². The van der Waals surface area contributed by atoms with Gasteiger partial charge in [-0.15, -0.1) is 11.3 Å². The van der Waals surface area contributed by atoms with Gasteiger partial charge in [0, 0.05) is 29.2 Å². The maximum Gasteiger partial charge on any atom is 0.335 e. The third-order valence-electron chi connectivity index (χ3n) is 7.57. The van der Waals surface area contributed by atoms with Crippen LogP contribution in [-0.4, -0.2) is 56.3 Å². The molecule has 4 aromatic rings. The van der Waals surface area contributed by atoms with Gasteiger partial charge in [-0.25, -0.2) is 14.8 Å². The molecular weight excluding hydrogens is 550 g/mol. The molecule has 9 nitrogen and oxygen atoms in total. The minimum atomic E-state index is -0.940. The van der Waals surface area contributed by atoms with E-state index in [0.29, 0.717) is 41.4 Å². The van der Waals surface area contributed by atoms with Crippen molar-refractivity contribution in [1.29, 1.82) is 5.26 Å². The highest BCUT2D eigenvalue weighted by molar-refractivity contribution is 7.13. The van der Waals surface area contributed by atoms with Crippen LogP contribution >= 0.6 is 22.9 Å². The predicted molar refractivity (Wildman–Crippen MR) is 151 cm³/mol. The number of hydrogen-bond acceptors (Lipinski definition) is 8. The molecular formula is C29H28ClN5O4S. The Bertz CT molecular complexity index is 1580. The Kier molecular flexibility index (Phi) is 7.71. The van der Waals surface area contributed by atoms with Crippen molar-refractivity contribution in [3.8, 4) is 11.9 Å². The predicted octanol–water partition coefficient (Wildman–Crippen LogP) is 5.46. The highest BCUT2D eigenvalue weighted by Crippen LogP contribution is 2.31. The molecule has 1 atom stereocenters. The van der Waals surface area contributed by atoms with Gasteiger partial charge in [0.25, 0.3) is 0 Å². The molecule has 3 aromatic heterocycles. The lowest BCUT2D eigenvalue weighted by atomic mass is 9.93. The summed E-state index contributed by atoms with van der Waals surface area (Å²) in [5.74, 6) is 0.899. The number of fused-ring (bicyclic) bond motifs is 1. The molecule has 0 aliphatic carbocycles. The summed E-state index contributed by atoms with van der Waals surface area (Å²) in [6, 6.07) is 14.9. The van der Waals surface area contributed by atoms with Gasteiger partial charge in [-0.3, -0.25) is 4.90 Å². The Morgan fingerprint density at radius 3 is 2.73 bits per heavy atom. The molecule has 40 heavy (non-hydrogen) atoms. The third-order valence-corrected chi connectivity index (χ3v) is 8.99. The Labute approximate surface area is 240 Å². The Hall–Kier alpha value is -3.49. The molecule has 1 N–H and O–H groups in total. The van der Waals surface area contributed by atoms with Crippen molar-refractivity contribution in [3.63, 3.8) is 0 Å². The zero-order valence-electron chi connectivity index (χ0n) is 21.8. The first kappa shape index (κ1) is 26.7. The summed E-state index contributed by atoms with van der Waals surface area (Å²) in [5.41, 5.74) is 2.94. The number of hydrogen-bond donors (Lipinski definition) is 1. The number of rotatable bonds is 9. The van der Waals surface area contributed by atoms with Crippen molar-refractivity contribution in [3.05, 3.63) is 74.3 Å². The van der Waals surface area contributed by atoms with E-state index >= 15 is 0 Å². The van der Waals surface area contributed by atoms with Crippen molar-refractivity contribution in [2.45, 2.75) is 51.0 Å². The third kappa shape index (κ3) is 5.69. The van der Waals surface area contributed by atoms with Gasteiger partial charge in [0.15, 0.2) is 0 Å². The Balaban J connectivity index is 1.10. The molecule has 2 saturated heterocycles. The van der Waals surface area contributed by atoms with Gasteiger partial charge in [-0.2, -0.15) is 5.26 Å². The number of carboxylic acids is 1.